The first-order valence-electron chi connectivity index (χ1n) is 6.96. The number of Topliss-reactive ketones (excluding diaryl/α,β-unsaturated/α-hetero) is 1. The van der Waals surface area contributed by atoms with Crippen LogP contribution in [-0.2, 0) is 14.9 Å². The number of ketones is 1. The average molecular weight is 258 g/mol. The monoisotopic (exact) mass is 258 g/mol. The van der Waals surface area contributed by atoms with Gasteiger partial charge in [0.05, 0.1) is 5.41 Å². The minimum Gasteiger partial charge on any atom is -0.381 e. The lowest BCUT2D eigenvalue weighted by molar-refractivity contribution is -0.128. The Morgan fingerprint density at radius 1 is 1.21 bits per heavy atom. The molecule has 0 aliphatic carbocycles. The maximum atomic E-state index is 12.7. The van der Waals surface area contributed by atoms with Gasteiger partial charge in [-0.25, -0.2) is 0 Å². The second-order valence-electron chi connectivity index (χ2n) is 5.44. The van der Waals surface area contributed by atoms with Gasteiger partial charge in [-0.15, -0.1) is 6.58 Å². The lowest BCUT2D eigenvalue weighted by Gasteiger charge is -2.36. The van der Waals surface area contributed by atoms with E-state index in [-0.39, 0.29) is 5.41 Å². The summed E-state index contributed by atoms with van der Waals surface area (Å²) < 4.78 is 5.45. The molecule has 19 heavy (non-hydrogen) atoms. The van der Waals surface area contributed by atoms with E-state index in [9.17, 15) is 4.79 Å². The Bertz CT molecular complexity index is 442. The molecule has 0 amide bonds. The average Bonchev–Trinajstić information content (AvgIpc) is 2.46. The van der Waals surface area contributed by atoms with Crippen molar-refractivity contribution < 1.29 is 9.53 Å². The summed E-state index contributed by atoms with van der Waals surface area (Å²) >= 11 is 0. The molecule has 0 saturated carbocycles. The summed E-state index contributed by atoms with van der Waals surface area (Å²) in [6, 6.07) is 10.2. The minimum absolute atomic E-state index is 0.338. The quantitative estimate of drug-likeness (QED) is 0.753. The molecule has 0 atom stereocenters. The molecule has 1 aromatic rings. The standard InChI is InChI=1S/C17H22O2/c1-14(2)8-9-16(18)17(10-12-19-13-11-17)15-6-4-3-5-7-15/h3-7H,1,8-13H2,2H3. The smallest absolute Gasteiger partial charge is 0.143 e. The molecule has 1 aromatic carbocycles. The molecule has 1 aliphatic heterocycles. The molecule has 1 aliphatic rings. The molecule has 2 nitrogen and oxygen atoms in total. The minimum atomic E-state index is -0.338. The zero-order valence-electron chi connectivity index (χ0n) is 11.7. The van der Waals surface area contributed by atoms with Crippen LogP contribution in [0.25, 0.3) is 0 Å². The van der Waals surface area contributed by atoms with Gasteiger partial charge in [-0.05, 0) is 31.7 Å². The Morgan fingerprint density at radius 3 is 2.42 bits per heavy atom. The Balaban J connectivity index is 2.24. The van der Waals surface area contributed by atoms with Gasteiger partial charge in [-0.1, -0.05) is 35.9 Å². The van der Waals surface area contributed by atoms with Gasteiger partial charge in [0.1, 0.15) is 5.78 Å². The largest absolute Gasteiger partial charge is 0.381 e. The van der Waals surface area contributed by atoms with Gasteiger partial charge >= 0.3 is 0 Å². The van der Waals surface area contributed by atoms with Crippen LogP contribution in [0.1, 0.15) is 38.2 Å². The molecule has 2 rings (SSSR count). The fraction of sp³-hybridized carbons (Fsp3) is 0.471. The van der Waals surface area contributed by atoms with Crippen molar-refractivity contribution in [1.82, 2.24) is 0 Å². The van der Waals surface area contributed by atoms with Crippen LogP contribution in [0.4, 0.5) is 0 Å². The summed E-state index contributed by atoms with van der Waals surface area (Å²) in [4.78, 5) is 12.7. The predicted octanol–water partition coefficient (Wildman–Crippen LogP) is 3.66. The molecule has 0 radical (unpaired) electrons. The second kappa shape index (κ2) is 6.16. The third-order valence-electron chi connectivity index (χ3n) is 3.99. The van der Waals surface area contributed by atoms with Crippen LogP contribution >= 0.6 is 0 Å². The number of hydrogen-bond donors (Lipinski definition) is 0. The molecule has 2 heteroatoms. The number of allylic oxidation sites excluding steroid dienone is 1. The van der Waals surface area contributed by atoms with E-state index in [1.165, 1.54) is 0 Å². The molecule has 0 N–H and O–H groups in total. The van der Waals surface area contributed by atoms with Crippen molar-refractivity contribution >= 4 is 5.78 Å². The van der Waals surface area contributed by atoms with Crippen molar-refractivity contribution in [2.24, 2.45) is 0 Å². The summed E-state index contributed by atoms with van der Waals surface area (Å²) in [5.74, 6) is 0.338. The van der Waals surface area contributed by atoms with Crippen molar-refractivity contribution in [3.05, 3.63) is 48.0 Å². The summed E-state index contributed by atoms with van der Waals surface area (Å²) in [5.41, 5.74) is 1.88. The molecule has 0 spiro atoms. The highest BCUT2D eigenvalue weighted by atomic mass is 16.5. The lowest BCUT2D eigenvalue weighted by atomic mass is 9.70. The predicted molar refractivity (Wildman–Crippen MR) is 77.2 cm³/mol. The lowest BCUT2D eigenvalue weighted by Crippen LogP contribution is -2.41. The Morgan fingerprint density at radius 2 is 1.84 bits per heavy atom. The van der Waals surface area contributed by atoms with Gasteiger partial charge in [-0.3, -0.25) is 4.79 Å². The van der Waals surface area contributed by atoms with Gasteiger partial charge in [0, 0.05) is 19.6 Å². The SMILES string of the molecule is C=C(C)CCC(=O)C1(c2ccccc2)CCOCC1. The molecular weight excluding hydrogens is 236 g/mol. The van der Waals surface area contributed by atoms with Crippen LogP contribution in [0, 0.1) is 0 Å². The Kier molecular flexibility index (Phi) is 4.54. The van der Waals surface area contributed by atoms with Gasteiger partial charge in [0.25, 0.3) is 0 Å². The van der Waals surface area contributed by atoms with Crippen LogP contribution in [0.15, 0.2) is 42.5 Å². The zero-order valence-corrected chi connectivity index (χ0v) is 11.7. The van der Waals surface area contributed by atoms with E-state index in [4.69, 9.17) is 4.74 Å². The maximum Gasteiger partial charge on any atom is 0.143 e. The maximum absolute atomic E-state index is 12.7. The number of carbonyl (C=O) groups is 1. The first-order chi connectivity index (χ1) is 9.15. The summed E-state index contributed by atoms with van der Waals surface area (Å²) in [6.45, 7) is 7.22. The summed E-state index contributed by atoms with van der Waals surface area (Å²) in [5, 5.41) is 0. The van der Waals surface area contributed by atoms with Crippen molar-refractivity contribution in [3.8, 4) is 0 Å². The second-order valence-corrected chi connectivity index (χ2v) is 5.44. The van der Waals surface area contributed by atoms with Crippen molar-refractivity contribution in [3.63, 3.8) is 0 Å². The van der Waals surface area contributed by atoms with Crippen LogP contribution in [-0.4, -0.2) is 19.0 Å². The van der Waals surface area contributed by atoms with Crippen molar-refractivity contribution in [2.45, 2.75) is 38.0 Å². The zero-order chi connectivity index (χ0) is 13.7. The highest BCUT2D eigenvalue weighted by Crippen LogP contribution is 2.37. The fourth-order valence-corrected chi connectivity index (χ4v) is 2.77. The van der Waals surface area contributed by atoms with Crippen molar-refractivity contribution in [2.75, 3.05) is 13.2 Å². The number of ether oxygens (including phenoxy) is 1. The first-order valence-corrected chi connectivity index (χ1v) is 6.96. The third kappa shape index (κ3) is 3.13. The van der Waals surface area contributed by atoms with E-state index in [2.05, 4.69) is 18.7 Å². The fourth-order valence-electron chi connectivity index (χ4n) is 2.77. The molecule has 1 fully saturated rings. The molecule has 102 valence electrons. The van der Waals surface area contributed by atoms with E-state index in [0.29, 0.717) is 25.4 Å². The van der Waals surface area contributed by atoms with Gasteiger partial charge in [0.15, 0.2) is 0 Å². The van der Waals surface area contributed by atoms with Crippen LogP contribution in [0.2, 0.25) is 0 Å². The number of hydrogen-bond acceptors (Lipinski definition) is 2. The molecular formula is C17H22O2. The summed E-state index contributed by atoms with van der Waals surface area (Å²) in [6.07, 6.45) is 2.97. The van der Waals surface area contributed by atoms with Gasteiger partial charge in [0.2, 0.25) is 0 Å². The van der Waals surface area contributed by atoms with Crippen LogP contribution in [0.5, 0.6) is 0 Å². The summed E-state index contributed by atoms with van der Waals surface area (Å²) in [7, 11) is 0. The molecule has 0 unspecified atom stereocenters. The van der Waals surface area contributed by atoms with E-state index in [0.717, 1.165) is 30.4 Å². The van der Waals surface area contributed by atoms with E-state index >= 15 is 0 Å². The molecule has 1 heterocycles. The molecule has 0 bridgehead atoms. The number of rotatable bonds is 5. The Hall–Kier alpha value is -1.41. The highest BCUT2D eigenvalue weighted by molar-refractivity contribution is 5.90. The van der Waals surface area contributed by atoms with Crippen molar-refractivity contribution in [1.29, 1.82) is 0 Å². The normalized spacial score (nSPS) is 17.9. The molecule has 0 aromatic heterocycles. The number of benzene rings is 1. The van der Waals surface area contributed by atoms with Gasteiger partial charge in [-0.2, -0.15) is 0 Å². The molecule has 1 saturated heterocycles. The Labute approximate surface area is 115 Å². The third-order valence-corrected chi connectivity index (χ3v) is 3.99. The van der Waals surface area contributed by atoms with Crippen LogP contribution in [0.3, 0.4) is 0 Å². The first kappa shape index (κ1) is 14.0. The van der Waals surface area contributed by atoms with E-state index in [1.54, 1.807) is 0 Å². The van der Waals surface area contributed by atoms with Crippen LogP contribution < -0.4 is 0 Å². The van der Waals surface area contributed by atoms with E-state index in [1.807, 2.05) is 25.1 Å². The van der Waals surface area contributed by atoms with E-state index < -0.39 is 0 Å². The van der Waals surface area contributed by atoms with Gasteiger partial charge < -0.3 is 4.74 Å². The number of carbonyl (C=O) groups excluding carboxylic acids is 1. The highest BCUT2D eigenvalue weighted by Gasteiger charge is 2.40. The topological polar surface area (TPSA) is 26.3 Å².